The molecular weight excluding hydrogens is 230 g/mol. The topological polar surface area (TPSA) is 48.4 Å². The van der Waals surface area contributed by atoms with Crippen molar-refractivity contribution >= 4 is 6.29 Å². The third kappa shape index (κ3) is 3.96. The third-order valence-electron chi connectivity index (χ3n) is 2.74. The smallest absolute Gasteiger partial charge is 0.198 e. The number of carbonyl (C=O) groups excluding carboxylic acids is 1. The van der Waals surface area contributed by atoms with Gasteiger partial charge in [-0.15, -0.1) is 0 Å². The zero-order chi connectivity index (χ0) is 12.6. The molecule has 1 aliphatic heterocycles. The number of carbonyl (C=O) groups is 1. The maximum Gasteiger partial charge on any atom is 0.198 e. The van der Waals surface area contributed by atoms with Crippen molar-refractivity contribution in [1.29, 1.82) is 0 Å². The SMILES string of the molecule is O=Cc1cccc(CC=COC2CCCCO2)n1. The van der Waals surface area contributed by atoms with Gasteiger partial charge in [-0.25, -0.2) is 4.98 Å². The summed E-state index contributed by atoms with van der Waals surface area (Å²) in [6.45, 7) is 0.779. The lowest BCUT2D eigenvalue weighted by Gasteiger charge is -2.21. The van der Waals surface area contributed by atoms with Crippen LogP contribution in [0.1, 0.15) is 35.4 Å². The fraction of sp³-hybridized carbons (Fsp3) is 0.429. The molecule has 1 saturated heterocycles. The molecule has 4 nitrogen and oxygen atoms in total. The van der Waals surface area contributed by atoms with Crippen molar-refractivity contribution in [3.8, 4) is 0 Å². The molecule has 1 unspecified atom stereocenters. The quantitative estimate of drug-likeness (QED) is 0.592. The van der Waals surface area contributed by atoms with E-state index in [9.17, 15) is 4.79 Å². The van der Waals surface area contributed by atoms with E-state index in [2.05, 4.69) is 4.98 Å². The lowest BCUT2D eigenvalue weighted by Crippen LogP contribution is -2.20. The Kier molecular flexibility index (Phi) is 4.90. The van der Waals surface area contributed by atoms with E-state index in [4.69, 9.17) is 9.47 Å². The number of allylic oxidation sites excluding steroid dienone is 1. The van der Waals surface area contributed by atoms with Crippen LogP contribution in [0.3, 0.4) is 0 Å². The Labute approximate surface area is 107 Å². The van der Waals surface area contributed by atoms with E-state index < -0.39 is 0 Å². The van der Waals surface area contributed by atoms with Gasteiger partial charge >= 0.3 is 0 Å². The van der Waals surface area contributed by atoms with Crippen molar-refractivity contribution in [3.05, 3.63) is 41.9 Å². The number of aromatic nitrogens is 1. The molecule has 0 aromatic carbocycles. The predicted octanol–water partition coefficient (Wildman–Crippen LogP) is 2.49. The van der Waals surface area contributed by atoms with E-state index in [1.807, 2.05) is 18.2 Å². The van der Waals surface area contributed by atoms with Gasteiger partial charge in [-0.1, -0.05) is 6.07 Å². The Morgan fingerprint density at radius 1 is 1.44 bits per heavy atom. The van der Waals surface area contributed by atoms with Crippen molar-refractivity contribution in [2.75, 3.05) is 6.61 Å². The Hall–Kier alpha value is -1.68. The molecule has 0 N–H and O–H groups in total. The molecule has 2 rings (SSSR count). The number of hydrogen-bond acceptors (Lipinski definition) is 4. The average Bonchev–Trinajstić information content (AvgIpc) is 2.45. The first-order chi connectivity index (χ1) is 8.88. The van der Waals surface area contributed by atoms with Crippen LogP contribution >= 0.6 is 0 Å². The van der Waals surface area contributed by atoms with Crippen LogP contribution in [-0.4, -0.2) is 24.2 Å². The van der Waals surface area contributed by atoms with Gasteiger partial charge in [-0.3, -0.25) is 4.79 Å². The highest BCUT2D eigenvalue weighted by molar-refractivity contribution is 5.71. The molecule has 0 spiro atoms. The maximum absolute atomic E-state index is 10.6. The minimum Gasteiger partial charge on any atom is -0.473 e. The molecular formula is C14H17NO3. The molecule has 0 saturated carbocycles. The second kappa shape index (κ2) is 6.91. The van der Waals surface area contributed by atoms with Crippen LogP contribution in [0, 0.1) is 0 Å². The molecule has 96 valence electrons. The Balaban J connectivity index is 1.77. The number of pyridine rings is 1. The van der Waals surface area contributed by atoms with E-state index in [1.165, 1.54) is 0 Å². The molecule has 0 aliphatic carbocycles. The largest absolute Gasteiger partial charge is 0.473 e. The molecule has 2 heterocycles. The minimum absolute atomic E-state index is 0.107. The lowest BCUT2D eigenvalue weighted by molar-refractivity contribution is -0.129. The van der Waals surface area contributed by atoms with Crippen molar-refractivity contribution in [2.45, 2.75) is 32.0 Å². The van der Waals surface area contributed by atoms with Gasteiger partial charge in [-0.05, 0) is 31.1 Å². The van der Waals surface area contributed by atoms with Gasteiger partial charge < -0.3 is 9.47 Å². The molecule has 18 heavy (non-hydrogen) atoms. The molecule has 1 fully saturated rings. The van der Waals surface area contributed by atoms with Gasteiger partial charge in [0.15, 0.2) is 12.6 Å². The van der Waals surface area contributed by atoms with Crippen molar-refractivity contribution in [2.24, 2.45) is 0 Å². The summed E-state index contributed by atoms with van der Waals surface area (Å²) in [6, 6.07) is 5.39. The van der Waals surface area contributed by atoms with E-state index in [0.29, 0.717) is 12.1 Å². The van der Waals surface area contributed by atoms with Crippen LogP contribution in [0.15, 0.2) is 30.5 Å². The van der Waals surface area contributed by atoms with Gasteiger partial charge in [0.1, 0.15) is 5.69 Å². The summed E-state index contributed by atoms with van der Waals surface area (Å²) in [5, 5.41) is 0. The van der Waals surface area contributed by atoms with Gasteiger partial charge in [-0.2, -0.15) is 0 Å². The Morgan fingerprint density at radius 3 is 3.17 bits per heavy atom. The monoisotopic (exact) mass is 247 g/mol. The Morgan fingerprint density at radius 2 is 2.39 bits per heavy atom. The zero-order valence-electron chi connectivity index (χ0n) is 10.2. The third-order valence-corrected chi connectivity index (χ3v) is 2.74. The summed E-state index contributed by atoms with van der Waals surface area (Å²) >= 11 is 0. The standard InChI is InChI=1S/C14H17NO3/c16-11-13-6-3-5-12(15-13)7-4-10-18-14-8-1-2-9-17-14/h3-6,10-11,14H,1-2,7-9H2. The van der Waals surface area contributed by atoms with Crippen LogP contribution in [0.2, 0.25) is 0 Å². The number of ether oxygens (including phenoxy) is 2. The van der Waals surface area contributed by atoms with E-state index in [-0.39, 0.29) is 6.29 Å². The highest BCUT2D eigenvalue weighted by Gasteiger charge is 2.12. The zero-order valence-corrected chi connectivity index (χ0v) is 10.2. The van der Waals surface area contributed by atoms with Crippen LogP contribution in [0.25, 0.3) is 0 Å². The molecule has 1 aromatic heterocycles. The molecule has 1 atom stereocenters. The van der Waals surface area contributed by atoms with Crippen molar-refractivity contribution in [3.63, 3.8) is 0 Å². The van der Waals surface area contributed by atoms with Crippen LogP contribution < -0.4 is 0 Å². The summed E-state index contributed by atoms with van der Waals surface area (Å²) in [7, 11) is 0. The molecule has 0 bridgehead atoms. The summed E-state index contributed by atoms with van der Waals surface area (Å²) in [6.07, 6.45) is 8.05. The second-order valence-corrected chi connectivity index (χ2v) is 4.18. The van der Waals surface area contributed by atoms with E-state index >= 15 is 0 Å². The molecule has 0 radical (unpaired) electrons. The fourth-order valence-corrected chi connectivity index (χ4v) is 1.81. The maximum atomic E-state index is 10.6. The van der Waals surface area contributed by atoms with Crippen LogP contribution in [0.5, 0.6) is 0 Å². The number of nitrogens with zero attached hydrogens (tertiary/aromatic N) is 1. The highest BCUT2D eigenvalue weighted by Crippen LogP contribution is 2.13. The van der Waals surface area contributed by atoms with Gasteiger partial charge in [0.2, 0.25) is 0 Å². The van der Waals surface area contributed by atoms with E-state index in [0.717, 1.165) is 37.8 Å². The van der Waals surface area contributed by atoms with E-state index in [1.54, 1.807) is 12.3 Å². The summed E-state index contributed by atoms with van der Waals surface area (Å²) in [5.41, 5.74) is 1.31. The normalized spacial score (nSPS) is 19.9. The number of hydrogen-bond donors (Lipinski definition) is 0. The van der Waals surface area contributed by atoms with Crippen molar-refractivity contribution < 1.29 is 14.3 Å². The average molecular weight is 247 g/mol. The Bertz CT molecular complexity index is 411. The van der Waals surface area contributed by atoms with Gasteiger partial charge in [0, 0.05) is 18.5 Å². The predicted molar refractivity (Wildman–Crippen MR) is 67.1 cm³/mol. The molecule has 1 aromatic rings. The minimum atomic E-state index is -0.107. The first-order valence-electron chi connectivity index (χ1n) is 6.21. The van der Waals surface area contributed by atoms with Crippen LogP contribution in [0.4, 0.5) is 0 Å². The van der Waals surface area contributed by atoms with Gasteiger partial charge in [0.05, 0.1) is 12.9 Å². The molecule has 1 aliphatic rings. The number of rotatable bonds is 5. The van der Waals surface area contributed by atoms with Crippen molar-refractivity contribution in [1.82, 2.24) is 4.98 Å². The van der Waals surface area contributed by atoms with Gasteiger partial charge in [0.25, 0.3) is 0 Å². The second-order valence-electron chi connectivity index (χ2n) is 4.18. The highest BCUT2D eigenvalue weighted by atomic mass is 16.7. The summed E-state index contributed by atoms with van der Waals surface area (Å²) < 4.78 is 10.9. The summed E-state index contributed by atoms with van der Waals surface area (Å²) in [4.78, 5) is 14.7. The summed E-state index contributed by atoms with van der Waals surface area (Å²) in [5.74, 6) is 0. The first-order valence-corrected chi connectivity index (χ1v) is 6.21. The van der Waals surface area contributed by atoms with Crippen LogP contribution in [-0.2, 0) is 15.9 Å². The lowest BCUT2D eigenvalue weighted by atomic mass is 10.2. The fourth-order valence-electron chi connectivity index (χ4n) is 1.81. The number of aldehydes is 1. The molecule has 4 heteroatoms. The molecule has 0 amide bonds. The first kappa shape index (κ1) is 12.8.